The molecule has 0 saturated heterocycles. The summed E-state index contributed by atoms with van der Waals surface area (Å²) in [7, 11) is 0. The smallest absolute Gasteiger partial charge is 0.0558 e. The first-order valence-electron chi connectivity index (χ1n) is 8.16. The van der Waals surface area contributed by atoms with E-state index in [0.29, 0.717) is 6.04 Å². The Morgan fingerprint density at radius 3 is 2.33 bits per heavy atom. The summed E-state index contributed by atoms with van der Waals surface area (Å²) in [4.78, 5) is 2.37. The van der Waals surface area contributed by atoms with Crippen molar-refractivity contribution in [3.05, 3.63) is 35.9 Å². The monoisotopic (exact) mass is 292 g/mol. The van der Waals surface area contributed by atoms with Gasteiger partial charge in [0, 0.05) is 19.1 Å². The molecule has 3 heteroatoms. The van der Waals surface area contributed by atoms with E-state index in [9.17, 15) is 5.11 Å². The van der Waals surface area contributed by atoms with Crippen LogP contribution < -0.4 is 5.32 Å². The van der Waals surface area contributed by atoms with E-state index < -0.39 is 0 Å². The maximum absolute atomic E-state index is 9.26. The molecule has 1 aromatic rings. The zero-order valence-corrected chi connectivity index (χ0v) is 14.1. The molecule has 0 heterocycles. The summed E-state index contributed by atoms with van der Waals surface area (Å²) in [5, 5.41) is 12.9. The lowest BCUT2D eigenvalue weighted by Crippen LogP contribution is -2.44. The van der Waals surface area contributed by atoms with E-state index in [2.05, 4.69) is 68.2 Å². The molecule has 3 nitrogen and oxygen atoms in total. The van der Waals surface area contributed by atoms with Crippen molar-refractivity contribution < 1.29 is 5.11 Å². The number of benzene rings is 1. The van der Waals surface area contributed by atoms with Crippen LogP contribution >= 0.6 is 0 Å². The molecule has 0 radical (unpaired) electrons. The van der Waals surface area contributed by atoms with E-state index >= 15 is 0 Å². The predicted octanol–water partition coefficient (Wildman–Crippen LogP) is 3.07. The minimum absolute atomic E-state index is 0.0989. The molecule has 0 fully saturated rings. The Bertz CT molecular complexity index is 372. The van der Waals surface area contributed by atoms with E-state index in [1.54, 1.807) is 0 Å². The van der Waals surface area contributed by atoms with Gasteiger partial charge in [0.25, 0.3) is 0 Å². The highest BCUT2D eigenvalue weighted by Gasteiger charge is 2.31. The Balaban J connectivity index is 2.88. The molecule has 2 N–H and O–H groups in total. The second kappa shape index (κ2) is 9.19. The summed E-state index contributed by atoms with van der Waals surface area (Å²) in [6.45, 7) is 12.9. The fourth-order valence-electron chi connectivity index (χ4n) is 3.09. The maximum atomic E-state index is 9.26. The largest absolute Gasteiger partial charge is 0.395 e. The third kappa shape index (κ3) is 5.77. The van der Waals surface area contributed by atoms with Gasteiger partial charge in [-0.05, 0) is 30.5 Å². The van der Waals surface area contributed by atoms with Crippen molar-refractivity contribution in [1.82, 2.24) is 10.2 Å². The van der Waals surface area contributed by atoms with Crippen LogP contribution in [0, 0.1) is 5.41 Å². The number of hydrogen-bond donors (Lipinski definition) is 2. The standard InChI is InChI=1S/C18H32N2O/c1-5-12-20(13-14-21)15-18(3,4)17(19-6-2)16-10-8-7-9-11-16/h7-11,17,19,21H,5-6,12-15H2,1-4H3. The van der Waals surface area contributed by atoms with Gasteiger partial charge in [0.05, 0.1) is 6.61 Å². The molecule has 1 unspecified atom stereocenters. The summed E-state index contributed by atoms with van der Waals surface area (Å²) < 4.78 is 0. The Kier molecular flexibility index (Phi) is 7.94. The first-order valence-corrected chi connectivity index (χ1v) is 8.16. The van der Waals surface area contributed by atoms with Gasteiger partial charge in [0.1, 0.15) is 0 Å². The molecule has 21 heavy (non-hydrogen) atoms. The zero-order valence-electron chi connectivity index (χ0n) is 14.1. The van der Waals surface area contributed by atoms with Gasteiger partial charge in [-0.15, -0.1) is 0 Å². The number of rotatable bonds is 10. The highest BCUT2D eigenvalue weighted by Crippen LogP contribution is 2.34. The van der Waals surface area contributed by atoms with Crippen LogP contribution in [0.15, 0.2) is 30.3 Å². The first-order chi connectivity index (χ1) is 10.0. The lowest BCUT2D eigenvalue weighted by Gasteiger charge is -2.39. The number of nitrogens with one attached hydrogen (secondary N) is 1. The van der Waals surface area contributed by atoms with Crippen molar-refractivity contribution >= 4 is 0 Å². The zero-order chi connectivity index (χ0) is 15.7. The van der Waals surface area contributed by atoms with Gasteiger partial charge in [0.15, 0.2) is 0 Å². The predicted molar refractivity (Wildman–Crippen MR) is 90.5 cm³/mol. The molecule has 1 aromatic carbocycles. The van der Waals surface area contributed by atoms with E-state index in [1.165, 1.54) is 5.56 Å². The quantitative estimate of drug-likeness (QED) is 0.696. The SMILES string of the molecule is CCCN(CCO)CC(C)(C)C(NCC)c1ccccc1. The highest BCUT2D eigenvalue weighted by atomic mass is 16.3. The maximum Gasteiger partial charge on any atom is 0.0558 e. The van der Waals surface area contributed by atoms with E-state index in [1.807, 2.05) is 0 Å². The van der Waals surface area contributed by atoms with Crippen molar-refractivity contribution in [2.24, 2.45) is 5.41 Å². The minimum atomic E-state index is 0.0989. The molecule has 0 aliphatic carbocycles. The molecule has 1 atom stereocenters. The van der Waals surface area contributed by atoms with Crippen LogP contribution in [-0.4, -0.2) is 42.8 Å². The van der Waals surface area contributed by atoms with Crippen LogP contribution in [0.1, 0.15) is 45.7 Å². The van der Waals surface area contributed by atoms with Crippen molar-refractivity contribution in [1.29, 1.82) is 0 Å². The Morgan fingerprint density at radius 1 is 1.14 bits per heavy atom. The average molecular weight is 292 g/mol. The van der Waals surface area contributed by atoms with Crippen molar-refractivity contribution in [3.63, 3.8) is 0 Å². The second-order valence-corrected chi connectivity index (χ2v) is 6.39. The number of nitrogens with zero attached hydrogens (tertiary/aromatic N) is 1. The normalized spacial score (nSPS) is 13.6. The molecule has 0 spiro atoms. The first kappa shape index (κ1) is 18.1. The van der Waals surface area contributed by atoms with Gasteiger partial charge in [0.2, 0.25) is 0 Å². The molecule has 0 amide bonds. The van der Waals surface area contributed by atoms with E-state index in [4.69, 9.17) is 0 Å². The van der Waals surface area contributed by atoms with Gasteiger partial charge < -0.3 is 15.3 Å². The van der Waals surface area contributed by atoms with Gasteiger partial charge in [-0.1, -0.05) is 58.0 Å². The van der Waals surface area contributed by atoms with Crippen LogP contribution in [0.4, 0.5) is 0 Å². The lowest BCUT2D eigenvalue weighted by molar-refractivity contribution is 0.116. The van der Waals surface area contributed by atoms with Gasteiger partial charge in [-0.2, -0.15) is 0 Å². The summed E-state index contributed by atoms with van der Waals surface area (Å²) in [6.07, 6.45) is 1.12. The summed E-state index contributed by atoms with van der Waals surface area (Å²) in [5.41, 5.74) is 1.44. The highest BCUT2D eigenvalue weighted by molar-refractivity contribution is 5.21. The minimum Gasteiger partial charge on any atom is -0.395 e. The second-order valence-electron chi connectivity index (χ2n) is 6.39. The van der Waals surface area contributed by atoms with Crippen molar-refractivity contribution in [2.45, 2.75) is 40.2 Å². The molecule has 0 aliphatic heterocycles. The number of aliphatic hydroxyl groups excluding tert-OH is 1. The van der Waals surface area contributed by atoms with Crippen LogP contribution in [0.2, 0.25) is 0 Å². The molecule has 120 valence electrons. The van der Waals surface area contributed by atoms with Crippen LogP contribution in [0.25, 0.3) is 0 Å². The third-order valence-electron chi connectivity index (χ3n) is 3.91. The topological polar surface area (TPSA) is 35.5 Å². The summed E-state index contributed by atoms with van der Waals surface area (Å²) >= 11 is 0. The molecule has 1 rings (SSSR count). The summed E-state index contributed by atoms with van der Waals surface area (Å²) in [5.74, 6) is 0. The van der Waals surface area contributed by atoms with Crippen molar-refractivity contribution in [3.8, 4) is 0 Å². The Hall–Kier alpha value is -0.900. The van der Waals surface area contributed by atoms with Crippen LogP contribution in [0.3, 0.4) is 0 Å². The molecule has 0 aliphatic rings. The van der Waals surface area contributed by atoms with Gasteiger partial charge in [-0.3, -0.25) is 0 Å². The molecule has 0 saturated carbocycles. The fraction of sp³-hybridized carbons (Fsp3) is 0.667. The van der Waals surface area contributed by atoms with Crippen LogP contribution in [-0.2, 0) is 0 Å². The van der Waals surface area contributed by atoms with Crippen LogP contribution in [0.5, 0.6) is 0 Å². The van der Waals surface area contributed by atoms with Gasteiger partial charge in [-0.25, -0.2) is 0 Å². The lowest BCUT2D eigenvalue weighted by atomic mass is 9.79. The van der Waals surface area contributed by atoms with E-state index in [-0.39, 0.29) is 12.0 Å². The Labute approximate surface area is 130 Å². The van der Waals surface area contributed by atoms with E-state index in [0.717, 1.165) is 32.6 Å². The molecule has 0 bridgehead atoms. The number of aliphatic hydroxyl groups is 1. The third-order valence-corrected chi connectivity index (χ3v) is 3.91. The van der Waals surface area contributed by atoms with Gasteiger partial charge >= 0.3 is 0 Å². The van der Waals surface area contributed by atoms with Crippen molar-refractivity contribution in [2.75, 3.05) is 32.8 Å². The molecular formula is C18H32N2O. The average Bonchev–Trinajstić information content (AvgIpc) is 2.45. The fourth-order valence-corrected chi connectivity index (χ4v) is 3.09. The molecule has 0 aromatic heterocycles. The number of hydrogen-bond acceptors (Lipinski definition) is 3. The molecular weight excluding hydrogens is 260 g/mol. The summed E-state index contributed by atoms with van der Waals surface area (Å²) in [6, 6.07) is 11.0. The Morgan fingerprint density at radius 2 is 1.81 bits per heavy atom.